The molecule has 0 aromatic rings. The summed E-state index contributed by atoms with van der Waals surface area (Å²) < 4.78 is 5.16. The summed E-state index contributed by atoms with van der Waals surface area (Å²) in [5, 5.41) is 2.94. The molecule has 0 saturated heterocycles. The predicted octanol–water partition coefficient (Wildman–Crippen LogP) is 2.35. The van der Waals surface area contributed by atoms with Crippen LogP contribution in [0.1, 0.15) is 47.0 Å². The van der Waals surface area contributed by atoms with Gasteiger partial charge in [-0.1, -0.05) is 27.2 Å². The van der Waals surface area contributed by atoms with Crippen LogP contribution in [0.2, 0.25) is 0 Å². The second kappa shape index (κ2) is 8.72. The van der Waals surface area contributed by atoms with Gasteiger partial charge in [-0.05, 0) is 25.7 Å². The van der Waals surface area contributed by atoms with Gasteiger partial charge in [0.25, 0.3) is 0 Å². The number of hydrogen-bond donors (Lipinski definition) is 1. The third kappa shape index (κ3) is 8.43. The van der Waals surface area contributed by atoms with E-state index in [4.69, 9.17) is 4.74 Å². The van der Waals surface area contributed by atoms with Gasteiger partial charge in [-0.3, -0.25) is 4.79 Å². The fraction of sp³-hybridized carbons (Fsp3) is 0.917. The van der Waals surface area contributed by atoms with E-state index < -0.39 is 0 Å². The van der Waals surface area contributed by atoms with Gasteiger partial charge in [-0.2, -0.15) is 0 Å². The van der Waals surface area contributed by atoms with Crippen molar-refractivity contribution in [2.75, 3.05) is 13.2 Å². The van der Waals surface area contributed by atoms with Gasteiger partial charge < -0.3 is 10.1 Å². The van der Waals surface area contributed by atoms with Crippen LogP contribution < -0.4 is 5.32 Å². The molecule has 0 bridgehead atoms. The number of carbonyl (C=O) groups excluding carboxylic acids is 1. The summed E-state index contributed by atoms with van der Waals surface area (Å²) in [6.07, 6.45) is 3.15. The van der Waals surface area contributed by atoms with Crippen molar-refractivity contribution in [3.63, 3.8) is 0 Å². The van der Waals surface area contributed by atoms with E-state index in [2.05, 4.69) is 19.2 Å². The minimum Gasteiger partial charge on any atom is -0.372 e. The summed E-state index contributed by atoms with van der Waals surface area (Å²) in [5.41, 5.74) is 0. The molecule has 0 spiro atoms. The summed E-state index contributed by atoms with van der Waals surface area (Å²) in [6.45, 7) is 9.30. The maximum Gasteiger partial charge on any atom is 0.246 e. The molecule has 0 radical (unpaired) electrons. The number of ether oxygens (including phenoxy) is 1. The van der Waals surface area contributed by atoms with Crippen LogP contribution in [0, 0.1) is 5.92 Å². The molecule has 0 aliphatic rings. The van der Waals surface area contributed by atoms with E-state index in [9.17, 15) is 4.79 Å². The van der Waals surface area contributed by atoms with Gasteiger partial charge in [0, 0.05) is 12.6 Å². The quantitative estimate of drug-likeness (QED) is 0.631. The van der Waals surface area contributed by atoms with Crippen molar-refractivity contribution in [2.24, 2.45) is 5.92 Å². The maximum atomic E-state index is 11.4. The highest BCUT2D eigenvalue weighted by atomic mass is 16.5. The van der Waals surface area contributed by atoms with Gasteiger partial charge in [0.05, 0.1) is 0 Å². The zero-order valence-corrected chi connectivity index (χ0v) is 10.5. The molecule has 0 aromatic carbocycles. The van der Waals surface area contributed by atoms with Gasteiger partial charge in [-0.25, -0.2) is 0 Å². The largest absolute Gasteiger partial charge is 0.372 e. The van der Waals surface area contributed by atoms with Gasteiger partial charge >= 0.3 is 0 Å². The van der Waals surface area contributed by atoms with E-state index in [1.54, 1.807) is 0 Å². The van der Waals surface area contributed by atoms with Crippen molar-refractivity contribution >= 4 is 5.91 Å². The third-order valence-corrected chi connectivity index (χ3v) is 2.44. The first-order valence-corrected chi connectivity index (χ1v) is 5.97. The fourth-order valence-corrected chi connectivity index (χ4v) is 1.45. The van der Waals surface area contributed by atoms with Crippen LogP contribution in [0.15, 0.2) is 0 Å². The summed E-state index contributed by atoms with van der Waals surface area (Å²) in [5.74, 6) is 0.663. The summed E-state index contributed by atoms with van der Waals surface area (Å²) in [4.78, 5) is 11.4. The minimum atomic E-state index is -0.000692. The lowest BCUT2D eigenvalue weighted by Gasteiger charge is -2.17. The summed E-state index contributed by atoms with van der Waals surface area (Å²) in [6, 6.07) is 0.248. The molecule has 1 amide bonds. The van der Waals surface area contributed by atoms with E-state index in [0.29, 0.717) is 12.5 Å². The van der Waals surface area contributed by atoms with Crippen molar-refractivity contribution < 1.29 is 9.53 Å². The smallest absolute Gasteiger partial charge is 0.246 e. The van der Waals surface area contributed by atoms with E-state index in [1.165, 1.54) is 0 Å². The standard InChI is InChI=1S/C12H25NO2/c1-5-7-15-9-12(14)13-11(4)8-10(3)6-2/h10-11H,5-9H2,1-4H3,(H,13,14). The minimum absolute atomic E-state index is 0.000692. The molecule has 90 valence electrons. The van der Waals surface area contributed by atoms with Crippen molar-refractivity contribution in [2.45, 2.75) is 53.0 Å². The zero-order chi connectivity index (χ0) is 11.7. The maximum absolute atomic E-state index is 11.4. The Balaban J connectivity index is 3.57. The Bertz CT molecular complexity index is 171. The van der Waals surface area contributed by atoms with Gasteiger partial charge in [0.1, 0.15) is 6.61 Å². The highest BCUT2D eigenvalue weighted by Gasteiger charge is 2.10. The molecule has 0 aliphatic carbocycles. The Morgan fingerprint density at radius 3 is 2.53 bits per heavy atom. The Kier molecular flexibility index (Phi) is 8.38. The van der Waals surface area contributed by atoms with Crippen LogP contribution >= 0.6 is 0 Å². The molecule has 3 heteroatoms. The highest BCUT2D eigenvalue weighted by molar-refractivity contribution is 5.77. The molecule has 0 aliphatic heterocycles. The van der Waals surface area contributed by atoms with Crippen LogP contribution in [0.4, 0.5) is 0 Å². The molecule has 3 nitrogen and oxygen atoms in total. The lowest BCUT2D eigenvalue weighted by Crippen LogP contribution is -2.36. The average Bonchev–Trinajstić information content (AvgIpc) is 2.17. The first kappa shape index (κ1) is 14.4. The lowest BCUT2D eigenvalue weighted by molar-refractivity contribution is -0.126. The molecule has 0 heterocycles. The number of carbonyl (C=O) groups is 1. The first-order valence-electron chi connectivity index (χ1n) is 5.97. The molecule has 2 atom stereocenters. The molecule has 0 fully saturated rings. The molecule has 0 rings (SSSR count). The third-order valence-electron chi connectivity index (χ3n) is 2.44. The second-order valence-electron chi connectivity index (χ2n) is 4.27. The van der Waals surface area contributed by atoms with Crippen LogP contribution in [-0.2, 0) is 9.53 Å². The Morgan fingerprint density at radius 2 is 2.00 bits per heavy atom. The fourth-order valence-electron chi connectivity index (χ4n) is 1.45. The molecule has 2 unspecified atom stereocenters. The predicted molar refractivity (Wildman–Crippen MR) is 62.8 cm³/mol. The van der Waals surface area contributed by atoms with Crippen LogP contribution in [0.25, 0.3) is 0 Å². The molecule has 0 saturated carbocycles. The Morgan fingerprint density at radius 1 is 1.33 bits per heavy atom. The van der Waals surface area contributed by atoms with E-state index in [0.717, 1.165) is 19.3 Å². The van der Waals surface area contributed by atoms with E-state index in [-0.39, 0.29) is 18.6 Å². The molecule has 1 N–H and O–H groups in total. The Labute approximate surface area is 93.6 Å². The molecule has 15 heavy (non-hydrogen) atoms. The zero-order valence-electron chi connectivity index (χ0n) is 10.5. The van der Waals surface area contributed by atoms with Crippen molar-refractivity contribution in [1.29, 1.82) is 0 Å². The van der Waals surface area contributed by atoms with E-state index >= 15 is 0 Å². The second-order valence-corrected chi connectivity index (χ2v) is 4.27. The van der Waals surface area contributed by atoms with Crippen LogP contribution in [-0.4, -0.2) is 25.2 Å². The van der Waals surface area contributed by atoms with Crippen molar-refractivity contribution in [3.8, 4) is 0 Å². The monoisotopic (exact) mass is 215 g/mol. The summed E-state index contributed by atoms with van der Waals surface area (Å²) >= 11 is 0. The number of hydrogen-bond acceptors (Lipinski definition) is 2. The molecular formula is C12H25NO2. The lowest BCUT2D eigenvalue weighted by atomic mass is 10.0. The average molecular weight is 215 g/mol. The topological polar surface area (TPSA) is 38.3 Å². The van der Waals surface area contributed by atoms with Crippen molar-refractivity contribution in [1.82, 2.24) is 5.32 Å². The molecular weight excluding hydrogens is 190 g/mol. The van der Waals surface area contributed by atoms with Gasteiger partial charge in [-0.15, -0.1) is 0 Å². The highest BCUT2D eigenvalue weighted by Crippen LogP contribution is 2.09. The van der Waals surface area contributed by atoms with Crippen LogP contribution in [0.3, 0.4) is 0 Å². The number of rotatable bonds is 8. The SMILES string of the molecule is CCCOCC(=O)NC(C)CC(C)CC. The van der Waals surface area contributed by atoms with Crippen molar-refractivity contribution in [3.05, 3.63) is 0 Å². The Hall–Kier alpha value is -0.570. The van der Waals surface area contributed by atoms with Gasteiger partial charge in [0.15, 0.2) is 0 Å². The summed E-state index contributed by atoms with van der Waals surface area (Å²) in [7, 11) is 0. The first-order chi connectivity index (χ1) is 7.10. The number of nitrogens with one attached hydrogen (secondary N) is 1. The van der Waals surface area contributed by atoms with Crippen LogP contribution in [0.5, 0.6) is 0 Å². The van der Waals surface area contributed by atoms with E-state index in [1.807, 2.05) is 13.8 Å². The number of amides is 1. The molecule has 0 aromatic heterocycles. The normalized spacial score (nSPS) is 14.7. The van der Waals surface area contributed by atoms with Gasteiger partial charge in [0.2, 0.25) is 5.91 Å².